The highest BCUT2D eigenvalue weighted by Gasteiger charge is 2.36. The van der Waals surface area contributed by atoms with Gasteiger partial charge in [-0.3, -0.25) is 14.4 Å². The van der Waals surface area contributed by atoms with Crippen molar-refractivity contribution in [3.63, 3.8) is 0 Å². The molecule has 0 radical (unpaired) electrons. The lowest BCUT2D eigenvalue weighted by Crippen LogP contribution is -2.29. The van der Waals surface area contributed by atoms with E-state index < -0.39 is 0 Å². The van der Waals surface area contributed by atoms with Gasteiger partial charge in [-0.2, -0.15) is 0 Å². The number of benzene rings is 3. The summed E-state index contributed by atoms with van der Waals surface area (Å²) in [6.45, 7) is 4.23. The monoisotopic (exact) mass is 384 g/mol. The number of hydrogen-bond acceptors (Lipinski definition) is 3. The number of anilines is 2. The quantitative estimate of drug-likeness (QED) is 0.653. The van der Waals surface area contributed by atoms with E-state index in [4.69, 9.17) is 0 Å². The van der Waals surface area contributed by atoms with E-state index in [1.807, 2.05) is 24.3 Å². The van der Waals surface area contributed by atoms with Crippen LogP contribution in [0.4, 0.5) is 11.4 Å². The highest BCUT2D eigenvalue weighted by molar-refractivity contribution is 6.34. The lowest BCUT2D eigenvalue weighted by Gasteiger charge is -2.14. The van der Waals surface area contributed by atoms with Crippen molar-refractivity contribution >= 4 is 29.1 Å². The summed E-state index contributed by atoms with van der Waals surface area (Å²) in [5.74, 6) is -0.535. The topological polar surface area (TPSA) is 66.5 Å². The number of hydrogen-bond donors (Lipinski definition) is 1. The molecule has 0 aliphatic carbocycles. The van der Waals surface area contributed by atoms with Gasteiger partial charge in [0, 0.05) is 11.3 Å². The molecular formula is C24H20N2O3. The highest BCUT2D eigenvalue weighted by atomic mass is 16.2. The van der Waals surface area contributed by atoms with Crippen LogP contribution in [0.1, 0.15) is 56.4 Å². The molecule has 1 aliphatic heterocycles. The van der Waals surface area contributed by atoms with Crippen molar-refractivity contribution in [2.75, 3.05) is 10.2 Å². The van der Waals surface area contributed by atoms with E-state index in [0.717, 1.165) is 4.90 Å². The SMILES string of the molecule is CC(C)c1ccc(NC(=O)c2ccc(N3C(=O)c4ccccc4C3=O)cc2)cc1. The van der Waals surface area contributed by atoms with Gasteiger partial charge >= 0.3 is 0 Å². The highest BCUT2D eigenvalue weighted by Crippen LogP contribution is 2.28. The summed E-state index contributed by atoms with van der Waals surface area (Å²) < 4.78 is 0. The smallest absolute Gasteiger partial charge is 0.266 e. The van der Waals surface area contributed by atoms with Crippen LogP contribution in [0.3, 0.4) is 0 Å². The molecule has 144 valence electrons. The molecule has 5 nitrogen and oxygen atoms in total. The maximum absolute atomic E-state index is 12.6. The Morgan fingerprint density at radius 1 is 0.793 bits per heavy atom. The Balaban J connectivity index is 1.50. The molecule has 0 spiro atoms. The number of nitrogens with zero attached hydrogens (tertiary/aromatic N) is 1. The second-order valence-corrected chi connectivity index (χ2v) is 7.27. The molecule has 4 rings (SSSR count). The van der Waals surface area contributed by atoms with Crippen LogP contribution in [0.2, 0.25) is 0 Å². The molecular weight excluding hydrogens is 364 g/mol. The molecule has 0 atom stereocenters. The molecule has 3 aromatic rings. The van der Waals surface area contributed by atoms with Crippen LogP contribution < -0.4 is 10.2 Å². The second-order valence-electron chi connectivity index (χ2n) is 7.27. The van der Waals surface area contributed by atoms with E-state index in [0.29, 0.717) is 34.0 Å². The largest absolute Gasteiger partial charge is 0.322 e. The van der Waals surface area contributed by atoms with Gasteiger partial charge in [-0.1, -0.05) is 38.1 Å². The molecule has 5 heteroatoms. The third-order valence-corrected chi connectivity index (χ3v) is 5.02. The third kappa shape index (κ3) is 3.43. The first-order valence-corrected chi connectivity index (χ1v) is 9.45. The summed E-state index contributed by atoms with van der Waals surface area (Å²) >= 11 is 0. The number of imide groups is 1. The van der Waals surface area contributed by atoms with Crippen molar-refractivity contribution in [1.82, 2.24) is 0 Å². The van der Waals surface area contributed by atoms with E-state index in [1.54, 1.807) is 48.5 Å². The van der Waals surface area contributed by atoms with E-state index in [1.165, 1.54) is 5.56 Å². The van der Waals surface area contributed by atoms with Crippen molar-refractivity contribution in [3.05, 3.63) is 95.1 Å². The van der Waals surface area contributed by atoms with Crippen LogP contribution in [0.5, 0.6) is 0 Å². The minimum Gasteiger partial charge on any atom is -0.322 e. The summed E-state index contributed by atoms with van der Waals surface area (Å²) in [5.41, 5.74) is 3.58. The van der Waals surface area contributed by atoms with Crippen molar-refractivity contribution in [2.45, 2.75) is 19.8 Å². The number of fused-ring (bicyclic) bond motifs is 1. The number of nitrogens with one attached hydrogen (secondary N) is 1. The summed E-state index contributed by atoms with van der Waals surface area (Å²) in [7, 11) is 0. The average Bonchev–Trinajstić information content (AvgIpc) is 2.99. The first-order valence-electron chi connectivity index (χ1n) is 9.45. The van der Waals surface area contributed by atoms with Gasteiger partial charge in [0.15, 0.2) is 0 Å². The standard InChI is InChI=1S/C24H20N2O3/c1-15(2)16-7-11-18(12-8-16)25-22(27)17-9-13-19(14-10-17)26-23(28)20-5-3-4-6-21(20)24(26)29/h3-15H,1-2H3,(H,25,27). The third-order valence-electron chi connectivity index (χ3n) is 5.02. The zero-order valence-corrected chi connectivity index (χ0v) is 16.2. The van der Waals surface area contributed by atoms with E-state index in [9.17, 15) is 14.4 Å². The molecule has 1 aliphatic rings. The summed E-state index contributed by atoms with van der Waals surface area (Å²) in [4.78, 5) is 38.8. The predicted octanol–water partition coefficient (Wildman–Crippen LogP) is 4.86. The van der Waals surface area contributed by atoms with Crippen LogP contribution in [-0.2, 0) is 0 Å². The minimum atomic E-state index is -0.354. The maximum Gasteiger partial charge on any atom is 0.266 e. The van der Waals surface area contributed by atoms with Gasteiger partial charge in [-0.05, 0) is 60.0 Å². The number of carbonyl (C=O) groups excluding carboxylic acids is 3. The Morgan fingerprint density at radius 3 is 1.86 bits per heavy atom. The van der Waals surface area contributed by atoms with E-state index >= 15 is 0 Å². The van der Waals surface area contributed by atoms with Crippen LogP contribution in [0.25, 0.3) is 0 Å². The van der Waals surface area contributed by atoms with Crippen molar-refractivity contribution in [2.24, 2.45) is 0 Å². The maximum atomic E-state index is 12.6. The molecule has 3 aromatic carbocycles. The molecule has 1 heterocycles. The van der Waals surface area contributed by atoms with Crippen molar-refractivity contribution in [3.8, 4) is 0 Å². The number of amides is 3. The Hall–Kier alpha value is -3.73. The Labute approximate surface area is 169 Å². The fourth-order valence-electron chi connectivity index (χ4n) is 3.34. The first kappa shape index (κ1) is 18.6. The van der Waals surface area contributed by atoms with Crippen LogP contribution in [0.15, 0.2) is 72.8 Å². The summed E-state index contributed by atoms with van der Waals surface area (Å²) in [6.07, 6.45) is 0. The Bertz CT molecular complexity index is 1060. The Kier molecular flexibility index (Phi) is 4.72. The van der Waals surface area contributed by atoms with Gasteiger partial charge in [0.1, 0.15) is 0 Å². The van der Waals surface area contributed by atoms with Crippen LogP contribution in [0, 0.1) is 0 Å². The van der Waals surface area contributed by atoms with Gasteiger partial charge in [0.25, 0.3) is 17.7 Å². The molecule has 29 heavy (non-hydrogen) atoms. The molecule has 0 unspecified atom stereocenters. The van der Waals surface area contributed by atoms with Crippen molar-refractivity contribution < 1.29 is 14.4 Å². The zero-order valence-electron chi connectivity index (χ0n) is 16.2. The van der Waals surface area contributed by atoms with E-state index in [2.05, 4.69) is 19.2 Å². The predicted molar refractivity (Wildman–Crippen MR) is 113 cm³/mol. The van der Waals surface area contributed by atoms with Crippen molar-refractivity contribution in [1.29, 1.82) is 0 Å². The number of rotatable bonds is 4. The summed E-state index contributed by atoms with van der Waals surface area (Å²) in [5, 5.41) is 2.86. The van der Waals surface area contributed by atoms with Gasteiger partial charge in [0.05, 0.1) is 16.8 Å². The summed E-state index contributed by atoms with van der Waals surface area (Å²) in [6, 6.07) is 20.9. The molecule has 0 fully saturated rings. The zero-order chi connectivity index (χ0) is 20.5. The van der Waals surface area contributed by atoms with Gasteiger partial charge < -0.3 is 5.32 Å². The first-order chi connectivity index (χ1) is 14.0. The molecule has 0 aromatic heterocycles. The fraction of sp³-hybridized carbons (Fsp3) is 0.125. The lowest BCUT2D eigenvalue weighted by molar-refractivity contribution is 0.0925. The molecule has 3 amide bonds. The molecule has 1 N–H and O–H groups in total. The van der Waals surface area contributed by atoms with E-state index in [-0.39, 0.29) is 17.7 Å². The molecule has 0 bridgehead atoms. The van der Waals surface area contributed by atoms with Gasteiger partial charge in [-0.25, -0.2) is 4.90 Å². The molecule has 0 saturated carbocycles. The fourth-order valence-corrected chi connectivity index (χ4v) is 3.34. The van der Waals surface area contributed by atoms with Gasteiger partial charge in [0.2, 0.25) is 0 Å². The van der Waals surface area contributed by atoms with Crippen LogP contribution >= 0.6 is 0 Å². The minimum absolute atomic E-state index is 0.254. The lowest BCUT2D eigenvalue weighted by atomic mass is 10.0. The second kappa shape index (κ2) is 7.36. The number of carbonyl (C=O) groups is 3. The molecule has 0 saturated heterocycles. The van der Waals surface area contributed by atoms with Gasteiger partial charge in [-0.15, -0.1) is 0 Å². The van der Waals surface area contributed by atoms with Crippen LogP contribution in [-0.4, -0.2) is 17.7 Å². The average molecular weight is 384 g/mol. The normalized spacial score (nSPS) is 13.0. The Morgan fingerprint density at radius 2 is 1.34 bits per heavy atom.